The molecule has 0 aliphatic heterocycles. The van der Waals surface area contributed by atoms with Crippen LogP contribution in [0.15, 0.2) is 5.11 Å². The number of rotatable bonds is 18. The summed E-state index contributed by atoms with van der Waals surface area (Å²) >= 11 is -4.85. The lowest BCUT2D eigenvalue weighted by atomic mass is 10.5. The molecule has 0 N–H and O–H groups in total. The maximum absolute atomic E-state index is 12.4. The van der Waals surface area contributed by atoms with E-state index in [1.807, 2.05) is 0 Å². The fraction of sp³-hybridized carbons (Fsp3) is 1.00. The zero-order valence-corrected chi connectivity index (χ0v) is 15.5. The first-order valence-electron chi connectivity index (χ1n) is 7.62. The molecule has 148 valence electrons. The van der Waals surface area contributed by atoms with Crippen molar-refractivity contribution in [1.82, 2.24) is 4.90 Å². The average molecular weight is 406 g/mol. The first kappa shape index (κ1) is 24.6. The van der Waals surface area contributed by atoms with E-state index in [0.717, 1.165) is 0 Å². The van der Waals surface area contributed by atoms with Crippen LogP contribution in [0.3, 0.4) is 0 Å². The van der Waals surface area contributed by atoms with Gasteiger partial charge < -0.3 is 23.3 Å². The summed E-state index contributed by atoms with van der Waals surface area (Å²) in [5, 5.41) is 3.31. The van der Waals surface area contributed by atoms with E-state index in [1.54, 1.807) is 4.90 Å². The third-order valence-electron chi connectivity index (χ3n) is 2.83. The molecule has 0 saturated carbocycles. The predicted octanol–water partition coefficient (Wildman–Crippen LogP) is 0.915. The Labute approximate surface area is 152 Å². The first-order valence-corrected chi connectivity index (χ1v) is 10.1. The van der Waals surface area contributed by atoms with Gasteiger partial charge in [-0.25, -0.2) is 0 Å². The molecule has 0 bridgehead atoms. The minimum Gasteiger partial charge on any atom is -0.581 e. The molecule has 0 aromatic heterocycles. The van der Waals surface area contributed by atoms with Gasteiger partial charge in [0.05, 0.1) is 39.6 Å². The summed E-state index contributed by atoms with van der Waals surface area (Å²) in [7, 11) is 0. The van der Waals surface area contributed by atoms with E-state index in [-0.39, 0.29) is 31.1 Å². The van der Waals surface area contributed by atoms with Crippen molar-refractivity contribution in [1.29, 1.82) is 0 Å². The molecule has 0 saturated heterocycles. The SMILES string of the molecule is [N-]=[N+]=NCCOCCOCCOCCN(CC[S+]([O-])F)CC[S+]([O-])F. The molecule has 9 nitrogen and oxygen atoms in total. The molecule has 2 atom stereocenters. The molecule has 0 aromatic rings. The Morgan fingerprint density at radius 1 is 0.840 bits per heavy atom. The second-order valence-electron chi connectivity index (χ2n) is 4.62. The molecule has 0 fully saturated rings. The van der Waals surface area contributed by atoms with E-state index >= 15 is 0 Å². The summed E-state index contributed by atoms with van der Waals surface area (Å²) in [6, 6.07) is 0. The average Bonchev–Trinajstić information content (AvgIpc) is 2.57. The summed E-state index contributed by atoms with van der Waals surface area (Å²) in [5.74, 6) is -0.358. The molecule has 0 spiro atoms. The van der Waals surface area contributed by atoms with Crippen LogP contribution in [-0.4, -0.2) is 91.3 Å². The highest BCUT2D eigenvalue weighted by atomic mass is 32.3. The summed E-state index contributed by atoms with van der Waals surface area (Å²) in [6.45, 7) is 3.14. The van der Waals surface area contributed by atoms with Crippen molar-refractivity contribution in [3.8, 4) is 0 Å². The second-order valence-corrected chi connectivity index (χ2v) is 6.60. The smallest absolute Gasteiger partial charge is 0.178 e. The van der Waals surface area contributed by atoms with Gasteiger partial charge in [-0.05, 0) is 5.53 Å². The van der Waals surface area contributed by atoms with Crippen LogP contribution in [-0.2, 0) is 37.3 Å². The first-order chi connectivity index (χ1) is 12.1. The lowest BCUT2D eigenvalue weighted by molar-refractivity contribution is 0.0123. The molecule has 2 unspecified atom stereocenters. The maximum atomic E-state index is 12.4. The number of ether oxygens (including phenoxy) is 3. The van der Waals surface area contributed by atoms with Gasteiger partial charge in [-0.1, -0.05) is 5.11 Å². The van der Waals surface area contributed by atoms with E-state index in [9.17, 15) is 16.9 Å². The zero-order chi connectivity index (χ0) is 18.8. The number of halogens is 2. The third kappa shape index (κ3) is 19.8. The van der Waals surface area contributed by atoms with Gasteiger partial charge in [0.15, 0.2) is 34.6 Å². The fourth-order valence-corrected chi connectivity index (χ4v) is 2.43. The molecular formula is C12H24F2N4O5S2. The number of hydrogen-bond acceptors (Lipinski definition) is 7. The predicted molar refractivity (Wildman–Crippen MR) is 91.1 cm³/mol. The lowest BCUT2D eigenvalue weighted by Gasteiger charge is -2.19. The lowest BCUT2D eigenvalue weighted by Crippen LogP contribution is -2.35. The molecule has 0 radical (unpaired) electrons. The molecule has 0 amide bonds. The number of azide groups is 1. The highest BCUT2D eigenvalue weighted by Crippen LogP contribution is 1.99. The summed E-state index contributed by atoms with van der Waals surface area (Å²) in [5.41, 5.74) is 8.05. The van der Waals surface area contributed by atoms with Crippen LogP contribution < -0.4 is 0 Å². The van der Waals surface area contributed by atoms with E-state index in [1.165, 1.54) is 0 Å². The number of nitrogens with zero attached hydrogens (tertiary/aromatic N) is 4. The van der Waals surface area contributed by atoms with Crippen LogP contribution in [0, 0.1) is 0 Å². The van der Waals surface area contributed by atoms with Crippen LogP contribution in [0.1, 0.15) is 0 Å². The Balaban J connectivity index is 3.54. The Hall–Kier alpha value is -0.370. The topological polar surface area (TPSA) is 126 Å². The van der Waals surface area contributed by atoms with Crippen molar-refractivity contribution in [2.45, 2.75) is 0 Å². The Morgan fingerprint density at radius 2 is 1.32 bits per heavy atom. The van der Waals surface area contributed by atoms with Gasteiger partial charge in [-0.15, -0.1) is 0 Å². The Kier molecular flexibility index (Phi) is 18.1. The van der Waals surface area contributed by atoms with Gasteiger partial charge in [0.25, 0.3) is 0 Å². The Morgan fingerprint density at radius 3 is 1.80 bits per heavy atom. The molecule has 0 aliphatic rings. The van der Waals surface area contributed by atoms with Gasteiger partial charge in [0.2, 0.25) is 0 Å². The van der Waals surface area contributed by atoms with Crippen molar-refractivity contribution in [3.63, 3.8) is 0 Å². The van der Waals surface area contributed by atoms with Crippen molar-refractivity contribution < 1.29 is 31.1 Å². The Bertz CT molecular complexity index is 343. The standard InChI is InChI=1S/C12H24F2N4O5S2/c13-24(19)11-3-18(4-12-25(14)20)2-6-22-8-10-23-9-7-21-5-1-16-17-15/h1-12H2. The maximum Gasteiger partial charge on any atom is 0.178 e. The van der Waals surface area contributed by atoms with Crippen LogP contribution in [0.5, 0.6) is 0 Å². The highest BCUT2D eigenvalue weighted by molar-refractivity contribution is 7.86. The third-order valence-corrected chi connectivity index (χ3v) is 3.84. The van der Waals surface area contributed by atoms with E-state index in [2.05, 4.69) is 10.0 Å². The second kappa shape index (κ2) is 18.4. The van der Waals surface area contributed by atoms with Gasteiger partial charge in [0.1, 0.15) is 0 Å². The molecule has 25 heavy (non-hydrogen) atoms. The summed E-state index contributed by atoms with van der Waals surface area (Å²) in [6.07, 6.45) is 0. The summed E-state index contributed by atoms with van der Waals surface area (Å²) in [4.78, 5) is 4.24. The monoisotopic (exact) mass is 406 g/mol. The van der Waals surface area contributed by atoms with E-state index in [4.69, 9.17) is 19.7 Å². The van der Waals surface area contributed by atoms with Gasteiger partial charge >= 0.3 is 0 Å². The molecule has 13 heteroatoms. The van der Waals surface area contributed by atoms with Gasteiger partial charge in [-0.3, -0.25) is 4.90 Å². The molecule has 0 aliphatic carbocycles. The minimum atomic E-state index is -2.42. The largest absolute Gasteiger partial charge is 0.581 e. The molecule has 0 rings (SSSR count). The van der Waals surface area contributed by atoms with Crippen molar-refractivity contribution in [3.05, 3.63) is 10.4 Å². The quantitative estimate of drug-likeness (QED) is 0.109. The zero-order valence-electron chi connectivity index (χ0n) is 13.9. The molecule has 0 heterocycles. The van der Waals surface area contributed by atoms with Crippen LogP contribution in [0.2, 0.25) is 0 Å². The fourth-order valence-electron chi connectivity index (χ4n) is 1.62. The molecular weight excluding hydrogens is 382 g/mol. The normalized spacial score (nSPS) is 13.6. The van der Waals surface area contributed by atoms with Crippen molar-refractivity contribution in [2.24, 2.45) is 5.11 Å². The molecule has 0 aromatic carbocycles. The van der Waals surface area contributed by atoms with Gasteiger partial charge in [0, 0.05) is 38.9 Å². The minimum absolute atomic E-state index is 0.174. The van der Waals surface area contributed by atoms with Crippen LogP contribution in [0.4, 0.5) is 7.77 Å². The van der Waals surface area contributed by atoms with Crippen molar-refractivity contribution in [2.75, 3.05) is 77.3 Å². The van der Waals surface area contributed by atoms with Crippen LogP contribution >= 0.6 is 0 Å². The number of hydrogen-bond donors (Lipinski definition) is 0. The summed E-state index contributed by atoms with van der Waals surface area (Å²) < 4.78 is 61.4. The van der Waals surface area contributed by atoms with E-state index in [0.29, 0.717) is 46.2 Å². The van der Waals surface area contributed by atoms with Crippen molar-refractivity contribution >= 4 is 23.1 Å². The van der Waals surface area contributed by atoms with Gasteiger partial charge in [-0.2, -0.15) is 0 Å². The van der Waals surface area contributed by atoms with Crippen LogP contribution in [0.25, 0.3) is 10.4 Å². The highest BCUT2D eigenvalue weighted by Gasteiger charge is 2.14. The van der Waals surface area contributed by atoms with E-state index < -0.39 is 23.1 Å².